The Kier molecular flexibility index (Phi) is 5.24. The number of ether oxygens (including phenoxy) is 1. The third-order valence-corrected chi connectivity index (χ3v) is 8.00. The number of hydrogen-bond acceptors (Lipinski definition) is 6. The van der Waals surface area contributed by atoms with Gasteiger partial charge >= 0.3 is 0 Å². The van der Waals surface area contributed by atoms with Crippen LogP contribution in [0.2, 0.25) is 0 Å². The van der Waals surface area contributed by atoms with E-state index in [-0.39, 0.29) is 4.90 Å². The number of rotatable bonds is 4. The number of benzene rings is 2. The molecule has 1 aromatic heterocycles. The lowest BCUT2D eigenvalue weighted by Gasteiger charge is -2.29. The van der Waals surface area contributed by atoms with Gasteiger partial charge in [0.15, 0.2) is 5.58 Å². The van der Waals surface area contributed by atoms with E-state index in [0.29, 0.717) is 48.9 Å². The van der Waals surface area contributed by atoms with Gasteiger partial charge in [-0.25, -0.2) is 8.42 Å². The molecule has 0 amide bonds. The van der Waals surface area contributed by atoms with Gasteiger partial charge in [-0.15, -0.1) is 0 Å². The van der Waals surface area contributed by atoms with Crippen molar-refractivity contribution in [3.8, 4) is 0 Å². The molecule has 0 aliphatic carbocycles. The van der Waals surface area contributed by atoms with E-state index in [9.17, 15) is 8.42 Å². The van der Waals surface area contributed by atoms with Gasteiger partial charge in [0.1, 0.15) is 0 Å². The van der Waals surface area contributed by atoms with Crippen molar-refractivity contribution in [2.24, 2.45) is 0 Å². The molecule has 0 unspecified atom stereocenters. The molecule has 2 aliphatic heterocycles. The number of fused-ring (bicyclic) bond motifs is 2. The lowest BCUT2D eigenvalue weighted by molar-refractivity contribution is 0.0730. The Morgan fingerprint density at radius 2 is 1.77 bits per heavy atom. The maximum absolute atomic E-state index is 13.1. The first kappa shape index (κ1) is 19.9. The topological polar surface area (TPSA) is 67.9 Å². The van der Waals surface area contributed by atoms with Gasteiger partial charge < -0.3 is 9.15 Å². The van der Waals surface area contributed by atoms with E-state index < -0.39 is 10.0 Å². The summed E-state index contributed by atoms with van der Waals surface area (Å²) in [5.74, 6) is 0. The standard InChI is InChI=1S/C21H23N3O4S2/c25-30(26,23-9-11-27-12-10-23)18-5-6-20-19(13-18)24(21(29)28-20)15-22-8-7-16-3-1-2-4-17(16)14-22/h1-6,13H,7-12,14-15H2. The lowest BCUT2D eigenvalue weighted by Crippen LogP contribution is -2.40. The van der Waals surface area contributed by atoms with E-state index in [2.05, 4.69) is 29.2 Å². The first-order chi connectivity index (χ1) is 14.5. The highest BCUT2D eigenvalue weighted by atomic mass is 32.2. The van der Waals surface area contributed by atoms with E-state index in [1.165, 1.54) is 15.4 Å². The van der Waals surface area contributed by atoms with Crippen LogP contribution in [0.25, 0.3) is 11.1 Å². The molecule has 2 aliphatic rings. The molecule has 0 bridgehead atoms. The van der Waals surface area contributed by atoms with Crippen molar-refractivity contribution in [3.63, 3.8) is 0 Å². The van der Waals surface area contributed by atoms with Crippen LogP contribution in [-0.2, 0) is 34.4 Å². The van der Waals surface area contributed by atoms with Gasteiger partial charge in [-0.05, 0) is 48.0 Å². The number of oxazole rings is 1. The van der Waals surface area contributed by atoms with Crippen LogP contribution in [0.3, 0.4) is 0 Å². The van der Waals surface area contributed by atoms with Crippen LogP contribution in [0.1, 0.15) is 11.1 Å². The van der Waals surface area contributed by atoms with Gasteiger partial charge in [0.25, 0.3) is 4.84 Å². The van der Waals surface area contributed by atoms with E-state index in [1.807, 2.05) is 4.57 Å². The quantitative estimate of drug-likeness (QED) is 0.575. The molecule has 1 saturated heterocycles. The smallest absolute Gasteiger partial charge is 0.270 e. The summed E-state index contributed by atoms with van der Waals surface area (Å²) in [6.45, 7) is 3.87. The summed E-state index contributed by atoms with van der Waals surface area (Å²) >= 11 is 5.45. The fourth-order valence-corrected chi connectivity index (χ4v) is 5.82. The summed E-state index contributed by atoms with van der Waals surface area (Å²) in [5.41, 5.74) is 4.00. The monoisotopic (exact) mass is 445 g/mol. The number of hydrogen-bond donors (Lipinski definition) is 0. The molecule has 2 aromatic carbocycles. The highest BCUT2D eigenvalue weighted by molar-refractivity contribution is 7.89. The second-order valence-electron chi connectivity index (χ2n) is 7.65. The summed E-state index contributed by atoms with van der Waals surface area (Å²) in [5, 5.41) is 0. The lowest BCUT2D eigenvalue weighted by atomic mass is 10.0. The fraction of sp³-hybridized carbons (Fsp3) is 0.381. The Morgan fingerprint density at radius 3 is 2.57 bits per heavy atom. The predicted molar refractivity (Wildman–Crippen MR) is 115 cm³/mol. The second-order valence-corrected chi connectivity index (χ2v) is 9.94. The van der Waals surface area contributed by atoms with Gasteiger partial charge in [-0.2, -0.15) is 4.31 Å². The van der Waals surface area contributed by atoms with Gasteiger partial charge in [-0.3, -0.25) is 9.47 Å². The number of nitrogens with zero attached hydrogens (tertiary/aromatic N) is 3. The average molecular weight is 446 g/mol. The Morgan fingerprint density at radius 1 is 1.00 bits per heavy atom. The molecule has 3 heterocycles. The number of sulfonamides is 1. The third-order valence-electron chi connectivity index (χ3n) is 5.80. The minimum Gasteiger partial charge on any atom is -0.429 e. The number of aromatic nitrogens is 1. The van der Waals surface area contributed by atoms with Gasteiger partial charge in [0.2, 0.25) is 10.0 Å². The van der Waals surface area contributed by atoms with Crippen molar-refractivity contribution in [1.29, 1.82) is 0 Å². The molecule has 0 radical (unpaired) electrons. The molecule has 5 rings (SSSR count). The minimum absolute atomic E-state index is 0.255. The summed E-state index contributed by atoms with van der Waals surface area (Å²) in [4.78, 5) is 2.91. The summed E-state index contributed by atoms with van der Waals surface area (Å²) < 4.78 is 40.5. The summed E-state index contributed by atoms with van der Waals surface area (Å²) in [7, 11) is -3.58. The molecule has 7 nitrogen and oxygen atoms in total. The summed E-state index contributed by atoms with van der Waals surface area (Å²) in [6, 6.07) is 13.4. The molecular formula is C21H23N3O4S2. The van der Waals surface area contributed by atoms with Crippen molar-refractivity contribution in [2.45, 2.75) is 24.5 Å². The van der Waals surface area contributed by atoms with Gasteiger partial charge in [0, 0.05) is 26.2 Å². The molecule has 0 spiro atoms. The zero-order chi connectivity index (χ0) is 20.7. The maximum Gasteiger partial charge on any atom is 0.270 e. The van der Waals surface area contributed by atoms with Crippen LogP contribution < -0.4 is 0 Å². The molecule has 0 N–H and O–H groups in total. The predicted octanol–water partition coefficient (Wildman–Crippen LogP) is 3.00. The molecule has 30 heavy (non-hydrogen) atoms. The van der Waals surface area contributed by atoms with E-state index in [1.54, 1.807) is 18.2 Å². The van der Waals surface area contributed by atoms with Crippen molar-refractivity contribution >= 4 is 33.3 Å². The van der Waals surface area contributed by atoms with Crippen LogP contribution in [0, 0.1) is 4.84 Å². The second kappa shape index (κ2) is 7.90. The number of morpholine rings is 1. The van der Waals surface area contributed by atoms with E-state index in [4.69, 9.17) is 21.4 Å². The van der Waals surface area contributed by atoms with Gasteiger partial charge in [0.05, 0.1) is 30.3 Å². The highest BCUT2D eigenvalue weighted by Crippen LogP contribution is 2.26. The van der Waals surface area contributed by atoms with Crippen LogP contribution in [0.4, 0.5) is 0 Å². The molecule has 3 aromatic rings. The third kappa shape index (κ3) is 3.61. The van der Waals surface area contributed by atoms with Crippen molar-refractivity contribution in [1.82, 2.24) is 13.8 Å². The van der Waals surface area contributed by atoms with Crippen molar-refractivity contribution < 1.29 is 17.6 Å². The zero-order valence-corrected chi connectivity index (χ0v) is 18.1. The SMILES string of the molecule is O=S(=O)(c1ccc2oc(=S)n(CN3CCc4ccccc4C3)c2c1)N1CCOCC1. The Balaban J connectivity index is 1.47. The minimum atomic E-state index is -3.58. The highest BCUT2D eigenvalue weighted by Gasteiger charge is 2.27. The first-order valence-electron chi connectivity index (χ1n) is 10.0. The normalized spacial score (nSPS) is 18.5. The fourth-order valence-electron chi connectivity index (χ4n) is 4.15. The molecule has 1 fully saturated rings. The van der Waals surface area contributed by atoms with Crippen LogP contribution in [0.15, 0.2) is 51.8 Å². The van der Waals surface area contributed by atoms with Crippen LogP contribution in [-0.4, -0.2) is 55.0 Å². The van der Waals surface area contributed by atoms with E-state index in [0.717, 1.165) is 19.5 Å². The Hall–Kier alpha value is -2.04. The largest absolute Gasteiger partial charge is 0.429 e. The molecule has 9 heteroatoms. The van der Waals surface area contributed by atoms with E-state index >= 15 is 0 Å². The Bertz CT molecular complexity index is 1240. The Labute approximate surface area is 180 Å². The van der Waals surface area contributed by atoms with Crippen molar-refractivity contribution in [2.75, 3.05) is 32.8 Å². The first-order valence-corrected chi connectivity index (χ1v) is 11.9. The average Bonchev–Trinajstić information content (AvgIpc) is 3.08. The van der Waals surface area contributed by atoms with Crippen LogP contribution in [0.5, 0.6) is 0 Å². The molecular weight excluding hydrogens is 422 g/mol. The van der Waals surface area contributed by atoms with Gasteiger partial charge in [-0.1, -0.05) is 24.3 Å². The molecule has 0 saturated carbocycles. The van der Waals surface area contributed by atoms with Crippen molar-refractivity contribution in [3.05, 3.63) is 58.4 Å². The van der Waals surface area contributed by atoms with Crippen LogP contribution >= 0.6 is 12.2 Å². The molecule has 0 atom stereocenters. The maximum atomic E-state index is 13.1. The zero-order valence-electron chi connectivity index (χ0n) is 16.5. The molecule has 158 valence electrons. The summed E-state index contributed by atoms with van der Waals surface area (Å²) in [6.07, 6.45) is 0.982.